The standard InChI is InChI=1S/C22H32N2O2S/c1-8-19(18(4)27-20-10-9-16(2)15-17(20)3)23-11-13-24(14-12-23)21(25)26-22(5,6)7/h8-10,15H,1,11-14H2,2-7H3/b19-18-. The SMILES string of the molecule is C=C/C(=C(\C)Sc1ccc(C)cc1C)N1CCN(C(=O)OC(C)(C)C)CC1. The van der Waals surface area contributed by atoms with Gasteiger partial charge in [-0.2, -0.15) is 0 Å². The number of benzene rings is 1. The van der Waals surface area contributed by atoms with Crippen molar-refractivity contribution in [2.24, 2.45) is 0 Å². The van der Waals surface area contributed by atoms with Gasteiger partial charge in [-0.25, -0.2) is 4.79 Å². The molecule has 1 heterocycles. The lowest BCUT2D eigenvalue weighted by molar-refractivity contribution is 0.0171. The summed E-state index contributed by atoms with van der Waals surface area (Å²) in [6.45, 7) is 19.0. The number of thioether (sulfide) groups is 1. The van der Waals surface area contributed by atoms with E-state index in [1.165, 1.54) is 20.9 Å². The molecule has 2 rings (SSSR count). The highest BCUT2D eigenvalue weighted by molar-refractivity contribution is 8.03. The maximum atomic E-state index is 12.2. The molecule has 1 aromatic carbocycles. The summed E-state index contributed by atoms with van der Waals surface area (Å²) in [5, 5.41) is 0. The molecule has 0 aliphatic carbocycles. The van der Waals surface area contributed by atoms with E-state index in [0.717, 1.165) is 18.8 Å². The number of allylic oxidation sites excluding steroid dienone is 2. The number of amides is 1. The summed E-state index contributed by atoms with van der Waals surface area (Å²) in [6, 6.07) is 6.54. The fourth-order valence-corrected chi connectivity index (χ4v) is 4.09. The number of carbonyl (C=O) groups excluding carboxylic acids is 1. The maximum Gasteiger partial charge on any atom is 0.410 e. The van der Waals surface area contributed by atoms with E-state index in [4.69, 9.17) is 4.74 Å². The van der Waals surface area contributed by atoms with Crippen molar-refractivity contribution in [3.8, 4) is 0 Å². The number of rotatable bonds is 4. The molecule has 0 bridgehead atoms. The van der Waals surface area contributed by atoms with Crippen molar-refractivity contribution in [3.05, 3.63) is 52.6 Å². The van der Waals surface area contributed by atoms with E-state index in [0.29, 0.717) is 13.1 Å². The summed E-state index contributed by atoms with van der Waals surface area (Å²) in [7, 11) is 0. The van der Waals surface area contributed by atoms with E-state index in [1.54, 1.807) is 16.7 Å². The lowest BCUT2D eigenvalue weighted by Gasteiger charge is -2.37. The highest BCUT2D eigenvalue weighted by Gasteiger charge is 2.26. The van der Waals surface area contributed by atoms with Crippen molar-refractivity contribution in [2.45, 2.75) is 52.0 Å². The van der Waals surface area contributed by atoms with Crippen LogP contribution in [0.5, 0.6) is 0 Å². The first-order chi connectivity index (χ1) is 12.6. The molecule has 148 valence electrons. The highest BCUT2D eigenvalue weighted by Crippen LogP contribution is 2.33. The van der Waals surface area contributed by atoms with Crippen LogP contribution in [0.1, 0.15) is 38.8 Å². The molecule has 1 saturated heterocycles. The van der Waals surface area contributed by atoms with Crippen LogP contribution in [0.2, 0.25) is 0 Å². The van der Waals surface area contributed by atoms with E-state index < -0.39 is 5.60 Å². The van der Waals surface area contributed by atoms with Crippen LogP contribution in [0.4, 0.5) is 4.79 Å². The van der Waals surface area contributed by atoms with Crippen LogP contribution in [0.3, 0.4) is 0 Å². The minimum Gasteiger partial charge on any atom is -0.444 e. The average molecular weight is 389 g/mol. The summed E-state index contributed by atoms with van der Waals surface area (Å²) in [6.07, 6.45) is 1.70. The zero-order chi connectivity index (χ0) is 20.2. The van der Waals surface area contributed by atoms with Gasteiger partial charge in [0.15, 0.2) is 0 Å². The number of nitrogens with zero attached hydrogens (tertiary/aromatic N) is 2. The molecule has 0 N–H and O–H groups in total. The molecule has 1 fully saturated rings. The van der Waals surface area contributed by atoms with Gasteiger partial charge in [0.05, 0.1) is 0 Å². The summed E-state index contributed by atoms with van der Waals surface area (Å²) < 4.78 is 5.48. The van der Waals surface area contributed by atoms with E-state index in [2.05, 4.69) is 50.4 Å². The fourth-order valence-electron chi connectivity index (χ4n) is 3.08. The van der Waals surface area contributed by atoms with Gasteiger partial charge in [0, 0.05) is 41.7 Å². The third-order valence-electron chi connectivity index (χ3n) is 4.42. The Morgan fingerprint density at radius 2 is 1.74 bits per heavy atom. The second-order valence-electron chi connectivity index (χ2n) is 7.97. The summed E-state index contributed by atoms with van der Waals surface area (Å²) >= 11 is 1.78. The first-order valence-corrected chi connectivity index (χ1v) is 10.2. The maximum absolute atomic E-state index is 12.2. The lowest BCUT2D eigenvalue weighted by Crippen LogP contribution is -2.49. The molecule has 1 amide bonds. The monoisotopic (exact) mass is 388 g/mol. The van der Waals surface area contributed by atoms with E-state index >= 15 is 0 Å². The minimum atomic E-state index is -0.459. The molecule has 5 heteroatoms. The number of carbonyl (C=O) groups is 1. The third-order valence-corrected chi connectivity index (χ3v) is 5.61. The molecule has 4 nitrogen and oxygen atoms in total. The highest BCUT2D eigenvalue weighted by atomic mass is 32.2. The fraction of sp³-hybridized carbons (Fsp3) is 0.500. The van der Waals surface area contributed by atoms with Gasteiger partial charge < -0.3 is 14.5 Å². The van der Waals surface area contributed by atoms with Crippen LogP contribution in [-0.4, -0.2) is 47.7 Å². The van der Waals surface area contributed by atoms with E-state index in [1.807, 2.05) is 26.8 Å². The van der Waals surface area contributed by atoms with E-state index in [-0.39, 0.29) is 6.09 Å². The normalized spacial score (nSPS) is 16.1. The molecule has 1 aliphatic heterocycles. The number of hydrogen-bond acceptors (Lipinski definition) is 4. The van der Waals surface area contributed by atoms with Gasteiger partial charge in [0.2, 0.25) is 0 Å². The molecular formula is C22H32N2O2S. The second-order valence-corrected chi connectivity index (χ2v) is 9.23. The molecule has 0 atom stereocenters. The summed E-state index contributed by atoms with van der Waals surface area (Å²) in [4.78, 5) is 18.8. The molecule has 0 saturated carbocycles. The van der Waals surface area contributed by atoms with Crippen LogP contribution < -0.4 is 0 Å². The van der Waals surface area contributed by atoms with Gasteiger partial charge in [-0.15, -0.1) is 0 Å². The molecule has 1 aromatic rings. The zero-order valence-electron chi connectivity index (χ0n) is 17.5. The first-order valence-electron chi connectivity index (χ1n) is 9.42. The molecule has 0 spiro atoms. The topological polar surface area (TPSA) is 32.8 Å². The van der Waals surface area contributed by atoms with Crippen molar-refractivity contribution in [1.82, 2.24) is 9.80 Å². The predicted octanol–water partition coefficient (Wildman–Crippen LogP) is 5.37. The molecule has 1 aliphatic rings. The quantitative estimate of drug-likeness (QED) is 0.513. The molecule has 0 unspecified atom stereocenters. The molecule has 0 radical (unpaired) electrons. The van der Waals surface area contributed by atoms with E-state index in [9.17, 15) is 4.79 Å². The van der Waals surface area contributed by atoms with Gasteiger partial charge in [0.25, 0.3) is 0 Å². The van der Waals surface area contributed by atoms with Gasteiger partial charge in [-0.3, -0.25) is 0 Å². The van der Waals surface area contributed by atoms with Crippen LogP contribution in [0.25, 0.3) is 0 Å². The van der Waals surface area contributed by atoms with Gasteiger partial charge in [-0.05, 0) is 59.2 Å². The number of piperazine rings is 1. The third kappa shape index (κ3) is 6.06. The smallest absolute Gasteiger partial charge is 0.410 e. The van der Waals surface area contributed by atoms with Gasteiger partial charge in [-0.1, -0.05) is 36.0 Å². The van der Waals surface area contributed by atoms with Crippen LogP contribution >= 0.6 is 11.8 Å². The van der Waals surface area contributed by atoms with Gasteiger partial charge in [0.1, 0.15) is 5.60 Å². The van der Waals surface area contributed by atoms with Crippen LogP contribution in [0, 0.1) is 13.8 Å². The summed E-state index contributed by atoms with van der Waals surface area (Å²) in [5.74, 6) is 0. The van der Waals surface area contributed by atoms with Crippen molar-refractivity contribution < 1.29 is 9.53 Å². The van der Waals surface area contributed by atoms with Crippen LogP contribution in [-0.2, 0) is 4.74 Å². The number of hydrogen-bond donors (Lipinski definition) is 0. The Morgan fingerprint density at radius 3 is 2.26 bits per heavy atom. The van der Waals surface area contributed by atoms with Crippen molar-refractivity contribution in [1.29, 1.82) is 0 Å². The first kappa shape index (κ1) is 21.4. The average Bonchev–Trinajstić information content (AvgIpc) is 2.57. The Labute approximate surface area is 168 Å². The Kier molecular flexibility index (Phi) is 7.04. The van der Waals surface area contributed by atoms with Crippen molar-refractivity contribution >= 4 is 17.9 Å². The zero-order valence-corrected chi connectivity index (χ0v) is 18.3. The number of ether oxygens (including phenoxy) is 1. The number of aryl methyl sites for hydroxylation is 2. The largest absolute Gasteiger partial charge is 0.444 e. The second kappa shape index (κ2) is 8.87. The Balaban J connectivity index is 2.04. The Morgan fingerprint density at radius 1 is 1.15 bits per heavy atom. The van der Waals surface area contributed by atoms with Crippen LogP contribution in [0.15, 0.2) is 46.4 Å². The Hall–Kier alpha value is -1.88. The molecular weight excluding hydrogens is 356 g/mol. The Bertz CT molecular complexity index is 726. The van der Waals surface area contributed by atoms with Gasteiger partial charge >= 0.3 is 6.09 Å². The summed E-state index contributed by atoms with van der Waals surface area (Å²) in [5.41, 5.74) is 3.25. The lowest BCUT2D eigenvalue weighted by atomic mass is 10.2. The van der Waals surface area contributed by atoms with Crippen molar-refractivity contribution in [3.63, 3.8) is 0 Å². The minimum absolute atomic E-state index is 0.229. The van der Waals surface area contributed by atoms with Crippen molar-refractivity contribution in [2.75, 3.05) is 26.2 Å². The molecule has 0 aromatic heterocycles. The molecule has 27 heavy (non-hydrogen) atoms. The predicted molar refractivity (Wildman–Crippen MR) is 114 cm³/mol.